The molecule has 10 heteroatoms. The molecule has 0 bridgehead atoms. The Hall–Kier alpha value is -15.0. The van der Waals surface area contributed by atoms with Crippen LogP contribution in [0.25, 0.3) is 86.2 Å². The third kappa shape index (κ3) is 12.9. The number of hydrogen-bond donors (Lipinski definition) is 0. The molecule has 0 saturated heterocycles. The zero-order valence-corrected chi connectivity index (χ0v) is 68.0. The van der Waals surface area contributed by atoms with Crippen molar-refractivity contribution in [2.45, 2.75) is 79.1 Å². The van der Waals surface area contributed by atoms with Gasteiger partial charge in [-0.1, -0.05) is 279 Å². The van der Waals surface area contributed by atoms with Gasteiger partial charge in [0, 0.05) is 43.1 Å². The summed E-state index contributed by atoms with van der Waals surface area (Å²) in [5, 5.41) is 12.3. The van der Waals surface area contributed by atoms with E-state index in [0.29, 0.717) is 129 Å². The normalized spacial score (nSPS) is 12.7. The van der Waals surface area contributed by atoms with Gasteiger partial charge >= 0.3 is 0 Å². The quantitative estimate of drug-likeness (QED) is 0.0375. The molecule has 0 N–H and O–H groups in total. The van der Waals surface area contributed by atoms with Crippen LogP contribution in [0.5, 0.6) is 46.0 Å². The van der Waals surface area contributed by atoms with Crippen molar-refractivity contribution in [3.8, 4) is 46.0 Å². The first-order chi connectivity index (χ1) is 59.8. The minimum absolute atomic E-state index is 0.197. The number of nitrogens with zero attached hydrogens (tertiary/aromatic N) is 2. The number of aryl methyl sites for hydroxylation is 12. The summed E-state index contributed by atoms with van der Waals surface area (Å²) in [5.41, 5.74) is 12.9. The van der Waals surface area contributed by atoms with E-state index in [2.05, 4.69) is 206 Å². The Labute approximate surface area is 706 Å². The number of anilines is 2. The van der Waals surface area contributed by atoms with Gasteiger partial charge in [-0.15, -0.1) is 0 Å². The Morgan fingerprint density at radius 3 is 0.639 bits per heavy atom. The van der Waals surface area contributed by atoms with Gasteiger partial charge in [0.2, 0.25) is 0 Å². The standard InChI is InChI=1S/C112H82N2O8/c1-67-27-5-17-51-91(67)119-95-63-87-99-88(110(116)113(109(87)115)107-79(59-55-75-39-21-35-71-31-9-13-47-83(71)75)43-25-44-80(107)60-56-76-40-22-36-72-32-10-14-48-84(72)76)65-97(121-93-53-19-7-29-69(93)3)103-104-98(122-94-54-20-8-30-70(94)4)66-90-100-89(64-96(102(106(100)104)101(95)105(99)103)120-92-52-18-6-28-68(92)2)111(117)114(112(90)118)108-81(61-57-77-41-23-37-73-33-11-15-49-85(73)77)45-26-46-82(108)62-58-78-42-24-38-74-34-12-16-50-86(74)78/h5-54,63-66H,55-62H2,1-4H3. The highest BCUT2D eigenvalue weighted by molar-refractivity contribution is 6.48. The van der Waals surface area contributed by atoms with Gasteiger partial charge in [-0.25, -0.2) is 9.80 Å². The summed E-state index contributed by atoms with van der Waals surface area (Å²) in [6.45, 7) is 7.91. The Balaban J connectivity index is 0.846. The lowest BCUT2D eigenvalue weighted by molar-refractivity contribution is 0.0877. The molecule has 10 nitrogen and oxygen atoms in total. The molecule has 2 aliphatic heterocycles. The number of carbonyl (C=O) groups is 4. The summed E-state index contributed by atoms with van der Waals surface area (Å²) in [6.07, 6.45) is 4.37. The number of benzene rings is 19. The van der Waals surface area contributed by atoms with E-state index < -0.39 is 23.6 Å². The highest BCUT2D eigenvalue weighted by Gasteiger charge is 2.44. The van der Waals surface area contributed by atoms with Crippen LogP contribution in [-0.4, -0.2) is 23.6 Å². The molecule has 0 atom stereocenters. The summed E-state index contributed by atoms with van der Waals surface area (Å²) in [6, 6.07) is 110. The Bertz CT molecular complexity index is 6690. The van der Waals surface area contributed by atoms with Crippen molar-refractivity contribution >= 4 is 121 Å². The number of hydrogen-bond acceptors (Lipinski definition) is 8. The molecular weight excluding hydrogens is 1500 g/mol. The first kappa shape index (κ1) is 74.5. The molecule has 2 aliphatic rings. The molecular formula is C112H82N2O8. The summed E-state index contributed by atoms with van der Waals surface area (Å²) in [5.74, 6) is 0.680. The number of rotatable bonds is 22. The second-order valence-electron chi connectivity index (χ2n) is 32.5. The summed E-state index contributed by atoms with van der Waals surface area (Å²) < 4.78 is 30.5. The molecule has 0 fully saturated rings. The number of amides is 4. The molecule has 0 spiro atoms. The minimum Gasteiger partial charge on any atom is -0.456 e. The molecule has 21 rings (SSSR count). The van der Waals surface area contributed by atoms with Gasteiger partial charge < -0.3 is 18.9 Å². The van der Waals surface area contributed by atoms with Crippen LogP contribution in [0.15, 0.2) is 328 Å². The fourth-order valence-electron chi connectivity index (χ4n) is 19.2. The number of fused-ring (bicyclic) bond motifs is 6. The van der Waals surface area contributed by atoms with E-state index in [1.165, 1.54) is 9.80 Å². The summed E-state index contributed by atoms with van der Waals surface area (Å²) in [7, 11) is 0. The Morgan fingerprint density at radius 2 is 0.393 bits per heavy atom. The molecule has 0 radical (unpaired) electrons. The first-order valence-corrected chi connectivity index (χ1v) is 42.0. The predicted octanol–water partition coefficient (Wildman–Crippen LogP) is 27.5. The van der Waals surface area contributed by atoms with E-state index in [1.807, 2.05) is 125 Å². The van der Waals surface area contributed by atoms with Crippen LogP contribution >= 0.6 is 0 Å². The largest absolute Gasteiger partial charge is 0.456 e. The maximum atomic E-state index is 17.4. The van der Waals surface area contributed by atoms with E-state index in [1.54, 1.807) is 24.3 Å². The van der Waals surface area contributed by atoms with Gasteiger partial charge in [0.05, 0.1) is 33.6 Å². The minimum atomic E-state index is -0.555. The average Bonchev–Trinajstić information content (AvgIpc) is 0.668. The van der Waals surface area contributed by atoms with Crippen LogP contribution in [0, 0.1) is 27.7 Å². The number of ether oxygens (including phenoxy) is 4. The van der Waals surface area contributed by atoms with Crippen molar-refractivity contribution in [3.05, 3.63) is 417 Å². The summed E-state index contributed by atoms with van der Waals surface area (Å²) >= 11 is 0. The fourth-order valence-corrected chi connectivity index (χ4v) is 19.2. The predicted molar refractivity (Wildman–Crippen MR) is 493 cm³/mol. The summed E-state index contributed by atoms with van der Waals surface area (Å²) in [4.78, 5) is 72.4. The van der Waals surface area contributed by atoms with Crippen LogP contribution in [0.2, 0.25) is 0 Å². The maximum Gasteiger partial charge on any atom is 0.266 e. The van der Waals surface area contributed by atoms with E-state index in [0.717, 1.165) is 110 Å². The third-order valence-electron chi connectivity index (χ3n) is 25.2. The van der Waals surface area contributed by atoms with Crippen molar-refractivity contribution in [2.24, 2.45) is 0 Å². The number of para-hydroxylation sites is 6. The van der Waals surface area contributed by atoms with Crippen LogP contribution in [0.4, 0.5) is 11.4 Å². The van der Waals surface area contributed by atoms with Crippen LogP contribution < -0.4 is 28.7 Å². The molecule has 19 aromatic rings. The third-order valence-corrected chi connectivity index (χ3v) is 25.2. The van der Waals surface area contributed by atoms with Crippen LogP contribution in [0.1, 0.15) is 108 Å². The topological polar surface area (TPSA) is 112 Å². The van der Waals surface area contributed by atoms with Crippen molar-refractivity contribution in [1.82, 2.24) is 0 Å². The smallest absolute Gasteiger partial charge is 0.266 e. The maximum absolute atomic E-state index is 17.4. The fraction of sp³-hybridized carbons (Fsp3) is 0.107. The monoisotopic (exact) mass is 1580 g/mol. The molecule has 122 heavy (non-hydrogen) atoms. The van der Waals surface area contributed by atoms with E-state index in [-0.39, 0.29) is 45.3 Å². The van der Waals surface area contributed by atoms with Crippen molar-refractivity contribution in [3.63, 3.8) is 0 Å². The van der Waals surface area contributed by atoms with Crippen molar-refractivity contribution < 1.29 is 38.1 Å². The molecule has 0 unspecified atom stereocenters. The molecule has 0 saturated carbocycles. The molecule has 588 valence electrons. The SMILES string of the molecule is Cc1ccccc1Oc1cc2c3c(cc(Oc4ccccc4C)c4c5c(Oc6ccccc6C)cc6c7c(cc(Oc8ccccc8C)c(c1c34)c75)C(=O)N(c1c(CCc3cccc4ccccc34)cccc1CCc1cccc3ccccc13)C6=O)C(=O)N(c1c(CCc3cccc4ccccc34)cccc1CCc1cccc3ccccc13)C2=O. The van der Waals surface area contributed by atoms with Gasteiger partial charge in [0.25, 0.3) is 23.6 Å². The average molecular weight is 1580 g/mol. The molecule has 4 amide bonds. The van der Waals surface area contributed by atoms with Gasteiger partial charge in [0.15, 0.2) is 0 Å². The molecule has 0 aromatic heterocycles. The van der Waals surface area contributed by atoms with Crippen LogP contribution in [-0.2, 0) is 51.4 Å². The highest BCUT2D eigenvalue weighted by atomic mass is 16.5. The molecule has 19 aromatic carbocycles. The van der Waals surface area contributed by atoms with Gasteiger partial charge in [-0.05, 0) is 237 Å². The highest BCUT2D eigenvalue weighted by Crippen LogP contribution is 2.59. The first-order valence-electron chi connectivity index (χ1n) is 42.0. The number of carbonyl (C=O) groups excluding carboxylic acids is 4. The lowest BCUT2D eigenvalue weighted by Gasteiger charge is -2.34. The molecule has 0 aliphatic carbocycles. The van der Waals surface area contributed by atoms with Crippen LogP contribution in [0.3, 0.4) is 0 Å². The molecule has 2 heterocycles. The van der Waals surface area contributed by atoms with Gasteiger partial charge in [-0.3, -0.25) is 19.2 Å². The second kappa shape index (κ2) is 30.7. The van der Waals surface area contributed by atoms with E-state index in [9.17, 15) is 0 Å². The lowest BCUT2D eigenvalue weighted by Crippen LogP contribution is -2.42. The zero-order valence-electron chi connectivity index (χ0n) is 68.0. The number of imide groups is 2. The van der Waals surface area contributed by atoms with Gasteiger partial charge in [-0.2, -0.15) is 0 Å². The second-order valence-corrected chi connectivity index (χ2v) is 32.5. The van der Waals surface area contributed by atoms with Gasteiger partial charge in [0.1, 0.15) is 46.0 Å². The van der Waals surface area contributed by atoms with E-state index >= 15 is 19.2 Å². The lowest BCUT2D eigenvalue weighted by atomic mass is 9.80. The van der Waals surface area contributed by atoms with E-state index in [4.69, 9.17) is 18.9 Å². The Morgan fingerprint density at radius 1 is 0.197 bits per heavy atom. The zero-order chi connectivity index (χ0) is 82.4. The Kier molecular flexibility index (Phi) is 18.8. The van der Waals surface area contributed by atoms with Crippen molar-refractivity contribution in [1.29, 1.82) is 0 Å². The van der Waals surface area contributed by atoms with Crippen molar-refractivity contribution in [2.75, 3.05) is 9.80 Å².